The number of methoxy groups -OCH3 is 1. The number of benzene rings is 2. The number of rotatable bonds is 5. The molecule has 0 saturated carbocycles. The van der Waals surface area contributed by atoms with Gasteiger partial charge >= 0.3 is 5.97 Å². The van der Waals surface area contributed by atoms with E-state index in [0.717, 1.165) is 0 Å². The van der Waals surface area contributed by atoms with Crippen molar-refractivity contribution in [3.8, 4) is 11.5 Å². The molecule has 3 aromatic rings. The van der Waals surface area contributed by atoms with Crippen LogP contribution in [0.25, 0.3) is 11.5 Å². The number of aromatic nitrogens is 2. The van der Waals surface area contributed by atoms with Gasteiger partial charge in [-0.3, -0.25) is 4.79 Å². The molecule has 1 N–H and O–H groups in total. The van der Waals surface area contributed by atoms with Crippen LogP contribution in [0.1, 0.15) is 22.3 Å². The highest BCUT2D eigenvalue weighted by Crippen LogP contribution is 2.22. The molecule has 0 radical (unpaired) electrons. The quantitative estimate of drug-likeness (QED) is 0.707. The predicted octanol–water partition coefficient (Wildman–Crippen LogP) is 2.52. The Hall–Kier alpha value is -3.55. The average Bonchev–Trinajstić information content (AvgIpc) is 3.16. The van der Waals surface area contributed by atoms with Crippen LogP contribution in [0.4, 0.5) is 4.39 Å². The van der Waals surface area contributed by atoms with Crippen molar-refractivity contribution in [1.29, 1.82) is 0 Å². The van der Waals surface area contributed by atoms with E-state index >= 15 is 0 Å². The van der Waals surface area contributed by atoms with Gasteiger partial charge in [0.25, 0.3) is 11.8 Å². The highest BCUT2D eigenvalue weighted by molar-refractivity contribution is 5.96. The van der Waals surface area contributed by atoms with Gasteiger partial charge in [0.2, 0.25) is 11.9 Å². The molecule has 8 heteroatoms. The molecule has 1 atom stereocenters. The second kappa shape index (κ2) is 7.56. The van der Waals surface area contributed by atoms with Crippen molar-refractivity contribution in [2.45, 2.75) is 6.04 Å². The third-order valence-electron chi connectivity index (χ3n) is 3.53. The fourth-order valence-corrected chi connectivity index (χ4v) is 2.20. The monoisotopic (exact) mass is 355 g/mol. The fraction of sp³-hybridized carbons (Fsp3) is 0.111. The SMILES string of the molecule is COC(=O)[C@H](NC(=O)c1ccccc1)c1nnc(-c2ccc(F)cc2)o1. The number of amides is 1. The highest BCUT2D eigenvalue weighted by Gasteiger charge is 2.30. The van der Waals surface area contributed by atoms with Gasteiger partial charge in [0.1, 0.15) is 5.82 Å². The van der Waals surface area contributed by atoms with Crippen LogP contribution in [-0.4, -0.2) is 29.2 Å². The molecule has 1 aromatic heterocycles. The first-order chi connectivity index (χ1) is 12.6. The molecule has 26 heavy (non-hydrogen) atoms. The Kier molecular flexibility index (Phi) is 5.02. The molecule has 0 aliphatic heterocycles. The summed E-state index contributed by atoms with van der Waals surface area (Å²) >= 11 is 0. The van der Waals surface area contributed by atoms with E-state index in [1.807, 2.05) is 0 Å². The van der Waals surface area contributed by atoms with Gasteiger partial charge in [0, 0.05) is 11.1 Å². The number of esters is 1. The Bertz CT molecular complexity index is 910. The number of hydrogen-bond acceptors (Lipinski definition) is 6. The van der Waals surface area contributed by atoms with Crippen molar-refractivity contribution in [1.82, 2.24) is 15.5 Å². The second-order valence-corrected chi connectivity index (χ2v) is 5.25. The number of nitrogens with zero attached hydrogens (tertiary/aromatic N) is 2. The molecule has 0 fully saturated rings. The molecule has 0 aliphatic carbocycles. The standard InChI is InChI=1S/C18H14FN3O4/c1-25-18(24)14(20-15(23)11-5-3-2-4-6-11)17-22-21-16(26-17)12-7-9-13(19)10-8-12/h2-10,14H,1H3,(H,20,23)/t14-/m1/s1. The molecule has 3 rings (SSSR count). The lowest BCUT2D eigenvalue weighted by atomic mass is 10.2. The third-order valence-corrected chi connectivity index (χ3v) is 3.53. The van der Waals surface area contributed by atoms with Gasteiger partial charge in [-0.05, 0) is 36.4 Å². The molecule has 0 bridgehead atoms. The fourth-order valence-electron chi connectivity index (χ4n) is 2.20. The van der Waals surface area contributed by atoms with Crippen LogP contribution >= 0.6 is 0 Å². The first kappa shape index (κ1) is 17.3. The number of halogens is 1. The van der Waals surface area contributed by atoms with Crippen LogP contribution in [0.15, 0.2) is 59.0 Å². The lowest BCUT2D eigenvalue weighted by Crippen LogP contribution is -2.34. The molecule has 0 unspecified atom stereocenters. The molecule has 1 heterocycles. The van der Waals surface area contributed by atoms with Crippen molar-refractivity contribution in [3.05, 3.63) is 71.9 Å². The van der Waals surface area contributed by atoms with Gasteiger partial charge in [0.05, 0.1) is 7.11 Å². The Morgan fingerprint density at radius 1 is 1.08 bits per heavy atom. The molecule has 2 aromatic carbocycles. The molecule has 7 nitrogen and oxygen atoms in total. The lowest BCUT2D eigenvalue weighted by molar-refractivity contribution is -0.143. The van der Waals surface area contributed by atoms with Crippen LogP contribution in [0, 0.1) is 5.82 Å². The summed E-state index contributed by atoms with van der Waals surface area (Å²) in [6.45, 7) is 0. The number of carbonyl (C=O) groups is 2. The smallest absolute Gasteiger partial charge is 0.338 e. The van der Waals surface area contributed by atoms with Gasteiger partial charge in [-0.1, -0.05) is 18.2 Å². The molecule has 0 aliphatic rings. The zero-order chi connectivity index (χ0) is 18.5. The molecular formula is C18H14FN3O4. The van der Waals surface area contributed by atoms with E-state index < -0.39 is 23.7 Å². The molecule has 0 spiro atoms. The Morgan fingerprint density at radius 2 is 1.77 bits per heavy atom. The largest absolute Gasteiger partial charge is 0.467 e. The minimum atomic E-state index is -1.27. The number of ether oxygens (including phenoxy) is 1. The normalized spacial score (nSPS) is 11.6. The Balaban J connectivity index is 1.85. The molecule has 0 saturated heterocycles. The first-order valence-electron chi connectivity index (χ1n) is 7.61. The number of nitrogens with one attached hydrogen (secondary N) is 1. The van der Waals surface area contributed by atoms with Crippen molar-refractivity contribution < 1.29 is 23.1 Å². The topological polar surface area (TPSA) is 94.3 Å². The molecular weight excluding hydrogens is 341 g/mol. The van der Waals surface area contributed by atoms with Gasteiger partial charge < -0.3 is 14.5 Å². The van der Waals surface area contributed by atoms with Gasteiger partial charge in [-0.2, -0.15) is 0 Å². The van der Waals surface area contributed by atoms with E-state index in [-0.39, 0.29) is 11.8 Å². The highest BCUT2D eigenvalue weighted by atomic mass is 19.1. The maximum atomic E-state index is 13.0. The zero-order valence-corrected chi connectivity index (χ0v) is 13.7. The van der Waals surface area contributed by atoms with Crippen LogP contribution in [0.2, 0.25) is 0 Å². The first-order valence-corrected chi connectivity index (χ1v) is 7.61. The average molecular weight is 355 g/mol. The van der Waals surface area contributed by atoms with Gasteiger partial charge in [-0.25, -0.2) is 9.18 Å². The third kappa shape index (κ3) is 3.75. The lowest BCUT2D eigenvalue weighted by Gasteiger charge is -2.12. The van der Waals surface area contributed by atoms with E-state index in [0.29, 0.717) is 11.1 Å². The summed E-state index contributed by atoms with van der Waals surface area (Å²) in [6.07, 6.45) is 0. The van der Waals surface area contributed by atoms with Crippen LogP contribution in [-0.2, 0) is 9.53 Å². The zero-order valence-electron chi connectivity index (χ0n) is 13.7. The number of carbonyl (C=O) groups excluding carboxylic acids is 2. The summed E-state index contributed by atoms with van der Waals surface area (Å²) in [5, 5.41) is 10.1. The summed E-state index contributed by atoms with van der Waals surface area (Å²) < 4.78 is 23.2. The van der Waals surface area contributed by atoms with Crippen molar-refractivity contribution in [3.63, 3.8) is 0 Å². The Labute approximate surface area is 147 Å². The second-order valence-electron chi connectivity index (χ2n) is 5.25. The van der Waals surface area contributed by atoms with E-state index in [1.54, 1.807) is 30.3 Å². The van der Waals surface area contributed by atoms with Gasteiger partial charge in [0.15, 0.2) is 0 Å². The number of hydrogen-bond donors (Lipinski definition) is 1. The van der Waals surface area contributed by atoms with Gasteiger partial charge in [-0.15, -0.1) is 10.2 Å². The Morgan fingerprint density at radius 3 is 2.42 bits per heavy atom. The summed E-state index contributed by atoms with van der Waals surface area (Å²) in [4.78, 5) is 24.4. The van der Waals surface area contributed by atoms with Crippen LogP contribution in [0.5, 0.6) is 0 Å². The summed E-state index contributed by atoms with van der Waals surface area (Å²) in [5.41, 5.74) is 0.836. The molecule has 132 valence electrons. The molecule has 1 amide bonds. The van der Waals surface area contributed by atoms with Crippen molar-refractivity contribution in [2.24, 2.45) is 0 Å². The minimum absolute atomic E-state index is 0.0860. The summed E-state index contributed by atoms with van der Waals surface area (Å²) in [7, 11) is 1.18. The van der Waals surface area contributed by atoms with Crippen molar-refractivity contribution >= 4 is 11.9 Å². The van der Waals surface area contributed by atoms with Crippen molar-refractivity contribution in [2.75, 3.05) is 7.11 Å². The summed E-state index contributed by atoms with van der Waals surface area (Å²) in [5.74, 6) is -1.72. The summed E-state index contributed by atoms with van der Waals surface area (Å²) in [6, 6.07) is 12.5. The predicted molar refractivity (Wildman–Crippen MR) is 88.4 cm³/mol. The maximum absolute atomic E-state index is 13.0. The maximum Gasteiger partial charge on any atom is 0.338 e. The van der Waals surface area contributed by atoms with Crippen LogP contribution < -0.4 is 5.32 Å². The van der Waals surface area contributed by atoms with E-state index in [9.17, 15) is 14.0 Å². The minimum Gasteiger partial charge on any atom is -0.467 e. The van der Waals surface area contributed by atoms with Crippen LogP contribution in [0.3, 0.4) is 0 Å². The van der Waals surface area contributed by atoms with E-state index in [2.05, 4.69) is 15.5 Å². The van der Waals surface area contributed by atoms with E-state index in [1.165, 1.54) is 31.4 Å². The van der Waals surface area contributed by atoms with E-state index in [4.69, 9.17) is 9.15 Å².